The first-order valence-corrected chi connectivity index (χ1v) is 5.12. The van der Waals surface area contributed by atoms with E-state index in [9.17, 15) is 5.11 Å². The van der Waals surface area contributed by atoms with E-state index in [2.05, 4.69) is 13.8 Å². The van der Waals surface area contributed by atoms with Crippen molar-refractivity contribution in [3.05, 3.63) is 23.2 Å². The normalized spacial score (nSPS) is 30.1. The standard InChI is InChI=1S/C12H18O2/c1-8-5-9-10(14-8)6-11(2,3)7-12(9,4)13/h5,13H,6-7H2,1-4H3. The highest BCUT2D eigenvalue weighted by atomic mass is 16.3. The smallest absolute Gasteiger partial charge is 0.110 e. The first-order chi connectivity index (χ1) is 6.30. The van der Waals surface area contributed by atoms with Crippen molar-refractivity contribution < 1.29 is 9.52 Å². The second kappa shape index (κ2) is 2.63. The molecule has 0 radical (unpaired) electrons. The summed E-state index contributed by atoms with van der Waals surface area (Å²) in [4.78, 5) is 0. The Bertz CT molecular complexity index is 358. The van der Waals surface area contributed by atoms with Gasteiger partial charge in [-0.15, -0.1) is 0 Å². The maximum atomic E-state index is 10.3. The van der Waals surface area contributed by atoms with Crippen molar-refractivity contribution in [3.8, 4) is 0 Å². The van der Waals surface area contributed by atoms with Gasteiger partial charge < -0.3 is 9.52 Å². The van der Waals surface area contributed by atoms with E-state index in [-0.39, 0.29) is 5.41 Å². The van der Waals surface area contributed by atoms with Gasteiger partial charge in [0.05, 0.1) is 5.60 Å². The lowest BCUT2D eigenvalue weighted by Gasteiger charge is -2.38. The average molecular weight is 194 g/mol. The lowest BCUT2D eigenvalue weighted by Crippen LogP contribution is -2.35. The minimum absolute atomic E-state index is 0.126. The fourth-order valence-corrected chi connectivity index (χ4v) is 2.67. The van der Waals surface area contributed by atoms with Gasteiger partial charge in [0.25, 0.3) is 0 Å². The Kier molecular flexibility index (Phi) is 1.84. The zero-order chi connectivity index (χ0) is 10.6. The molecule has 1 aliphatic rings. The summed E-state index contributed by atoms with van der Waals surface area (Å²) in [6.07, 6.45) is 1.72. The molecule has 2 rings (SSSR count). The number of aryl methyl sites for hydroxylation is 1. The molecule has 1 aromatic rings. The molecule has 14 heavy (non-hydrogen) atoms. The predicted octanol–water partition coefficient (Wildman–Crippen LogP) is 2.77. The van der Waals surface area contributed by atoms with Gasteiger partial charge in [-0.1, -0.05) is 13.8 Å². The lowest BCUT2D eigenvalue weighted by atomic mass is 9.70. The molecule has 78 valence electrons. The van der Waals surface area contributed by atoms with Gasteiger partial charge in [0.1, 0.15) is 11.5 Å². The molecule has 1 heterocycles. The van der Waals surface area contributed by atoms with E-state index in [1.807, 2.05) is 19.9 Å². The van der Waals surface area contributed by atoms with Crippen molar-refractivity contribution >= 4 is 0 Å². The number of rotatable bonds is 0. The van der Waals surface area contributed by atoms with Gasteiger partial charge >= 0.3 is 0 Å². The third kappa shape index (κ3) is 1.48. The highest BCUT2D eigenvalue weighted by molar-refractivity contribution is 5.31. The van der Waals surface area contributed by atoms with Crippen LogP contribution in [0.25, 0.3) is 0 Å². The van der Waals surface area contributed by atoms with Crippen LogP contribution in [0.15, 0.2) is 10.5 Å². The van der Waals surface area contributed by atoms with E-state index < -0.39 is 5.60 Å². The van der Waals surface area contributed by atoms with Crippen molar-refractivity contribution in [1.29, 1.82) is 0 Å². The van der Waals surface area contributed by atoms with Gasteiger partial charge in [0, 0.05) is 12.0 Å². The van der Waals surface area contributed by atoms with Crippen molar-refractivity contribution in [3.63, 3.8) is 0 Å². The van der Waals surface area contributed by atoms with Crippen molar-refractivity contribution in [2.75, 3.05) is 0 Å². The molecule has 1 unspecified atom stereocenters. The molecule has 2 nitrogen and oxygen atoms in total. The Balaban J connectivity index is 2.52. The van der Waals surface area contributed by atoms with E-state index in [1.54, 1.807) is 0 Å². The Hall–Kier alpha value is -0.760. The van der Waals surface area contributed by atoms with Crippen LogP contribution in [0.4, 0.5) is 0 Å². The number of aliphatic hydroxyl groups is 1. The Morgan fingerprint density at radius 2 is 2.00 bits per heavy atom. The monoisotopic (exact) mass is 194 g/mol. The lowest BCUT2D eigenvalue weighted by molar-refractivity contribution is -0.00489. The molecule has 2 heteroatoms. The molecule has 1 aromatic heterocycles. The molecule has 0 saturated carbocycles. The second-order valence-electron chi connectivity index (χ2n) is 5.49. The van der Waals surface area contributed by atoms with Gasteiger partial charge in [-0.3, -0.25) is 0 Å². The molecule has 1 N–H and O–H groups in total. The van der Waals surface area contributed by atoms with Crippen LogP contribution in [0.3, 0.4) is 0 Å². The van der Waals surface area contributed by atoms with Crippen molar-refractivity contribution in [2.24, 2.45) is 5.41 Å². The molecule has 0 spiro atoms. The molecular weight excluding hydrogens is 176 g/mol. The molecule has 0 fully saturated rings. The Labute approximate surface area is 84.9 Å². The average Bonchev–Trinajstić information content (AvgIpc) is 2.25. The van der Waals surface area contributed by atoms with Crippen LogP contribution in [-0.2, 0) is 12.0 Å². The van der Waals surface area contributed by atoms with Crippen molar-refractivity contribution in [1.82, 2.24) is 0 Å². The number of fused-ring (bicyclic) bond motifs is 1. The third-order valence-electron chi connectivity index (χ3n) is 2.97. The van der Waals surface area contributed by atoms with Crippen LogP contribution in [0.5, 0.6) is 0 Å². The number of furan rings is 1. The summed E-state index contributed by atoms with van der Waals surface area (Å²) in [5.74, 6) is 1.86. The summed E-state index contributed by atoms with van der Waals surface area (Å²) >= 11 is 0. The number of hydrogen-bond acceptors (Lipinski definition) is 2. The van der Waals surface area contributed by atoms with Crippen LogP contribution in [0.1, 0.15) is 44.3 Å². The largest absolute Gasteiger partial charge is 0.466 e. The highest BCUT2D eigenvalue weighted by Gasteiger charge is 2.41. The second-order valence-corrected chi connectivity index (χ2v) is 5.49. The minimum Gasteiger partial charge on any atom is -0.466 e. The van der Waals surface area contributed by atoms with Crippen LogP contribution in [0.2, 0.25) is 0 Å². The summed E-state index contributed by atoms with van der Waals surface area (Å²) in [6, 6.07) is 1.96. The molecule has 0 bridgehead atoms. The first-order valence-electron chi connectivity index (χ1n) is 5.12. The molecule has 0 aromatic carbocycles. The summed E-state index contributed by atoms with van der Waals surface area (Å²) in [5, 5.41) is 10.3. The summed E-state index contributed by atoms with van der Waals surface area (Å²) in [6.45, 7) is 8.15. The first kappa shape index (κ1) is 9.78. The summed E-state index contributed by atoms with van der Waals surface area (Å²) in [5.41, 5.74) is 0.379. The topological polar surface area (TPSA) is 33.4 Å². The Morgan fingerprint density at radius 1 is 1.36 bits per heavy atom. The zero-order valence-corrected chi connectivity index (χ0v) is 9.35. The van der Waals surface area contributed by atoms with E-state index in [0.717, 1.165) is 29.9 Å². The fourth-order valence-electron chi connectivity index (χ4n) is 2.67. The van der Waals surface area contributed by atoms with E-state index in [0.29, 0.717) is 0 Å². The Morgan fingerprint density at radius 3 is 2.64 bits per heavy atom. The maximum absolute atomic E-state index is 10.3. The maximum Gasteiger partial charge on any atom is 0.110 e. The van der Waals surface area contributed by atoms with Crippen molar-refractivity contribution in [2.45, 2.75) is 46.1 Å². The van der Waals surface area contributed by atoms with E-state index >= 15 is 0 Å². The summed E-state index contributed by atoms with van der Waals surface area (Å²) in [7, 11) is 0. The van der Waals surface area contributed by atoms with Gasteiger partial charge in [0.2, 0.25) is 0 Å². The fraction of sp³-hybridized carbons (Fsp3) is 0.667. The molecule has 1 atom stereocenters. The van der Waals surface area contributed by atoms with Gasteiger partial charge in [0.15, 0.2) is 0 Å². The van der Waals surface area contributed by atoms with Gasteiger partial charge in [-0.25, -0.2) is 0 Å². The SMILES string of the molecule is Cc1cc2c(o1)CC(C)(C)CC2(C)O. The van der Waals surface area contributed by atoms with Crippen LogP contribution in [-0.4, -0.2) is 5.11 Å². The molecule has 0 aliphatic heterocycles. The zero-order valence-electron chi connectivity index (χ0n) is 9.35. The van der Waals surface area contributed by atoms with E-state index in [1.165, 1.54) is 0 Å². The quantitative estimate of drug-likeness (QED) is 0.689. The number of hydrogen-bond donors (Lipinski definition) is 1. The minimum atomic E-state index is -0.727. The highest BCUT2D eigenvalue weighted by Crippen LogP contribution is 2.45. The van der Waals surface area contributed by atoms with Gasteiger partial charge in [-0.2, -0.15) is 0 Å². The molecule has 0 saturated heterocycles. The van der Waals surface area contributed by atoms with E-state index in [4.69, 9.17) is 4.42 Å². The predicted molar refractivity (Wildman–Crippen MR) is 55.1 cm³/mol. The third-order valence-corrected chi connectivity index (χ3v) is 2.97. The molecule has 0 amide bonds. The van der Waals surface area contributed by atoms with Gasteiger partial charge in [-0.05, 0) is 31.7 Å². The van der Waals surface area contributed by atoms with Crippen LogP contribution in [0, 0.1) is 12.3 Å². The van der Waals surface area contributed by atoms with Crippen LogP contribution < -0.4 is 0 Å². The van der Waals surface area contributed by atoms with Crippen LogP contribution >= 0.6 is 0 Å². The molecular formula is C12H18O2. The molecule has 1 aliphatic carbocycles. The summed E-state index contributed by atoms with van der Waals surface area (Å²) < 4.78 is 5.62.